The van der Waals surface area contributed by atoms with Gasteiger partial charge in [0.2, 0.25) is 0 Å². The van der Waals surface area contributed by atoms with Crippen molar-refractivity contribution in [2.24, 2.45) is 11.8 Å². The summed E-state index contributed by atoms with van der Waals surface area (Å²) >= 11 is 2.37. The molecule has 25 heavy (non-hydrogen) atoms. The SMILES string of the molecule is Cc1cc(C(=O)CC2C(=O)CCC2C)cc(C)c1CCCN[C@@H](C)I. The minimum absolute atomic E-state index is 0.0749. The fourth-order valence-corrected chi connectivity index (χ4v) is 4.13. The Labute approximate surface area is 165 Å². The number of carbonyl (C=O) groups is 2. The fraction of sp³-hybridized carbons (Fsp3) is 0.619. The summed E-state index contributed by atoms with van der Waals surface area (Å²) in [7, 11) is 0. The van der Waals surface area contributed by atoms with Crippen molar-refractivity contribution in [3.05, 3.63) is 34.4 Å². The molecule has 0 aromatic heterocycles. The Morgan fingerprint density at radius 3 is 2.48 bits per heavy atom. The lowest BCUT2D eigenvalue weighted by Crippen LogP contribution is -2.21. The maximum Gasteiger partial charge on any atom is 0.163 e. The average molecular weight is 455 g/mol. The van der Waals surface area contributed by atoms with Crippen molar-refractivity contribution in [1.82, 2.24) is 5.32 Å². The van der Waals surface area contributed by atoms with E-state index in [2.05, 4.69) is 55.6 Å². The van der Waals surface area contributed by atoms with E-state index < -0.39 is 0 Å². The van der Waals surface area contributed by atoms with E-state index >= 15 is 0 Å². The Kier molecular flexibility index (Phi) is 7.62. The van der Waals surface area contributed by atoms with E-state index in [0.717, 1.165) is 31.4 Å². The van der Waals surface area contributed by atoms with Gasteiger partial charge in [0.25, 0.3) is 0 Å². The monoisotopic (exact) mass is 455 g/mol. The van der Waals surface area contributed by atoms with E-state index in [9.17, 15) is 9.59 Å². The summed E-state index contributed by atoms with van der Waals surface area (Å²) in [6.45, 7) is 9.43. The molecule has 3 atom stereocenters. The minimum Gasteiger partial charge on any atom is -0.306 e. The first-order chi connectivity index (χ1) is 11.8. The van der Waals surface area contributed by atoms with Crippen LogP contribution in [0.2, 0.25) is 0 Å². The third-order valence-electron chi connectivity index (χ3n) is 5.40. The maximum absolute atomic E-state index is 12.7. The van der Waals surface area contributed by atoms with Crippen molar-refractivity contribution in [3.8, 4) is 0 Å². The number of nitrogens with one attached hydrogen (secondary N) is 1. The number of alkyl halides is 1. The van der Waals surface area contributed by atoms with Crippen LogP contribution in [-0.4, -0.2) is 22.2 Å². The van der Waals surface area contributed by atoms with Crippen molar-refractivity contribution >= 4 is 34.2 Å². The Hall–Kier alpha value is -0.750. The van der Waals surface area contributed by atoms with Crippen molar-refractivity contribution < 1.29 is 9.59 Å². The molecule has 1 fully saturated rings. The van der Waals surface area contributed by atoms with E-state index in [1.54, 1.807) is 0 Å². The molecular weight excluding hydrogens is 425 g/mol. The Balaban J connectivity index is 2.02. The van der Waals surface area contributed by atoms with E-state index in [0.29, 0.717) is 22.8 Å². The molecule has 1 aliphatic rings. The first-order valence-corrected chi connectivity index (χ1v) is 10.6. The highest BCUT2D eigenvalue weighted by Crippen LogP contribution is 2.32. The zero-order valence-electron chi connectivity index (χ0n) is 15.8. The molecule has 2 rings (SSSR count). The molecule has 0 heterocycles. The normalized spacial score (nSPS) is 21.6. The van der Waals surface area contributed by atoms with Gasteiger partial charge in [-0.05, 0) is 81.3 Å². The highest BCUT2D eigenvalue weighted by Gasteiger charge is 2.33. The van der Waals surface area contributed by atoms with Crippen LogP contribution in [0.3, 0.4) is 0 Å². The summed E-state index contributed by atoms with van der Waals surface area (Å²) in [5, 5.41) is 3.43. The number of Topliss-reactive ketones (excluding diaryl/α,β-unsaturated/α-hetero) is 2. The van der Waals surface area contributed by atoms with Gasteiger partial charge >= 0.3 is 0 Å². The average Bonchev–Trinajstić information content (AvgIpc) is 2.84. The van der Waals surface area contributed by atoms with Crippen molar-refractivity contribution in [3.63, 3.8) is 0 Å². The number of benzene rings is 1. The van der Waals surface area contributed by atoms with Crippen molar-refractivity contribution in [2.45, 2.75) is 63.8 Å². The summed E-state index contributed by atoms with van der Waals surface area (Å²) in [5.41, 5.74) is 4.50. The molecule has 0 amide bonds. The standard InChI is InChI=1S/C21H30INO2/c1-13-7-8-20(24)19(13)12-21(25)17-10-14(2)18(15(3)11-17)6-5-9-23-16(4)22/h10-11,13,16,19,23H,5-9,12H2,1-4H3/t13?,16-,19?/m0/s1. The molecule has 1 aromatic carbocycles. The predicted molar refractivity (Wildman–Crippen MR) is 112 cm³/mol. The van der Waals surface area contributed by atoms with Crippen LogP contribution in [0.4, 0.5) is 0 Å². The molecule has 1 N–H and O–H groups in total. The van der Waals surface area contributed by atoms with Crippen LogP contribution < -0.4 is 5.32 Å². The minimum atomic E-state index is -0.0749. The topological polar surface area (TPSA) is 46.2 Å². The smallest absolute Gasteiger partial charge is 0.163 e. The molecule has 138 valence electrons. The molecule has 1 aromatic rings. The number of ketones is 2. The fourth-order valence-electron chi connectivity index (χ4n) is 3.82. The van der Waals surface area contributed by atoms with Gasteiger partial charge in [0.1, 0.15) is 5.78 Å². The highest BCUT2D eigenvalue weighted by molar-refractivity contribution is 14.1. The Morgan fingerprint density at radius 2 is 1.96 bits per heavy atom. The molecule has 0 radical (unpaired) electrons. The van der Waals surface area contributed by atoms with E-state index in [1.807, 2.05) is 12.1 Å². The van der Waals surface area contributed by atoms with E-state index in [-0.39, 0.29) is 17.5 Å². The maximum atomic E-state index is 12.7. The zero-order chi connectivity index (χ0) is 18.6. The molecule has 0 spiro atoms. The second-order valence-electron chi connectivity index (χ2n) is 7.48. The third-order valence-corrected chi connectivity index (χ3v) is 5.84. The van der Waals surface area contributed by atoms with Gasteiger partial charge in [0.15, 0.2) is 5.78 Å². The molecule has 3 nitrogen and oxygen atoms in total. The third kappa shape index (κ3) is 5.61. The van der Waals surface area contributed by atoms with Crippen LogP contribution in [0.5, 0.6) is 0 Å². The number of hydrogen-bond donors (Lipinski definition) is 1. The number of hydrogen-bond acceptors (Lipinski definition) is 3. The van der Waals surface area contributed by atoms with Gasteiger partial charge in [-0.2, -0.15) is 0 Å². The first kappa shape index (κ1) is 20.6. The predicted octanol–water partition coefficient (Wildman–Crippen LogP) is 4.79. The van der Waals surface area contributed by atoms with Gasteiger partial charge in [-0.25, -0.2) is 0 Å². The number of halogens is 1. The summed E-state index contributed by atoms with van der Waals surface area (Å²) < 4.78 is 0.487. The van der Waals surface area contributed by atoms with Gasteiger partial charge in [-0.15, -0.1) is 0 Å². The van der Waals surface area contributed by atoms with E-state index in [1.165, 1.54) is 16.7 Å². The number of carbonyl (C=O) groups excluding carboxylic acids is 2. The molecule has 2 unspecified atom stereocenters. The molecule has 1 aliphatic carbocycles. The summed E-state index contributed by atoms with van der Waals surface area (Å²) in [6, 6.07) is 4.03. The van der Waals surface area contributed by atoms with E-state index in [4.69, 9.17) is 0 Å². The first-order valence-electron chi connectivity index (χ1n) is 9.33. The molecular formula is C21H30INO2. The molecule has 0 bridgehead atoms. The second kappa shape index (κ2) is 9.26. The largest absolute Gasteiger partial charge is 0.306 e. The zero-order valence-corrected chi connectivity index (χ0v) is 18.0. The van der Waals surface area contributed by atoms with Gasteiger partial charge in [0.05, 0.1) is 4.05 Å². The molecule has 4 heteroatoms. The summed E-state index contributed by atoms with van der Waals surface area (Å²) in [6.07, 6.45) is 4.06. The van der Waals surface area contributed by atoms with Crippen LogP contribution in [-0.2, 0) is 11.2 Å². The van der Waals surface area contributed by atoms with Gasteiger partial charge in [-0.3, -0.25) is 9.59 Å². The molecule has 0 aliphatic heterocycles. The van der Waals surface area contributed by atoms with Crippen LogP contribution in [0, 0.1) is 25.7 Å². The Morgan fingerprint density at radius 1 is 1.32 bits per heavy atom. The lowest BCUT2D eigenvalue weighted by molar-refractivity contribution is -0.121. The quantitative estimate of drug-likeness (QED) is 0.202. The molecule has 1 saturated carbocycles. The Bertz CT molecular complexity index is 616. The lowest BCUT2D eigenvalue weighted by atomic mass is 9.88. The van der Waals surface area contributed by atoms with Crippen molar-refractivity contribution in [1.29, 1.82) is 0 Å². The summed E-state index contributed by atoms with van der Waals surface area (Å²) in [4.78, 5) is 24.7. The van der Waals surface area contributed by atoms with Crippen molar-refractivity contribution in [2.75, 3.05) is 6.54 Å². The van der Waals surface area contributed by atoms with Gasteiger partial charge in [-0.1, -0.05) is 29.5 Å². The van der Waals surface area contributed by atoms with Gasteiger partial charge in [0, 0.05) is 24.3 Å². The highest BCUT2D eigenvalue weighted by atomic mass is 127. The summed E-state index contributed by atoms with van der Waals surface area (Å²) in [5.74, 6) is 0.646. The van der Waals surface area contributed by atoms with Crippen LogP contribution in [0.25, 0.3) is 0 Å². The number of rotatable bonds is 8. The van der Waals surface area contributed by atoms with Gasteiger partial charge < -0.3 is 5.32 Å². The lowest BCUT2D eigenvalue weighted by Gasteiger charge is -2.16. The second-order valence-corrected chi connectivity index (χ2v) is 9.35. The molecule has 0 saturated heterocycles. The number of aryl methyl sites for hydroxylation is 2. The van der Waals surface area contributed by atoms with Crippen LogP contribution in [0.1, 0.15) is 66.6 Å². The van der Waals surface area contributed by atoms with Crippen LogP contribution >= 0.6 is 22.6 Å². The van der Waals surface area contributed by atoms with Crippen LogP contribution in [0.15, 0.2) is 12.1 Å².